The molecule has 5 heteroatoms. The Balaban J connectivity index is 1.99. The minimum atomic E-state index is -0.209. The van der Waals surface area contributed by atoms with E-state index in [1.54, 1.807) is 11.0 Å². The van der Waals surface area contributed by atoms with Crippen molar-refractivity contribution in [3.8, 4) is 0 Å². The zero-order valence-electron chi connectivity index (χ0n) is 10.9. The van der Waals surface area contributed by atoms with Crippen molar-refractivity contribution in [2.75, 3.05) is 23.3 Å². The highest BCUT2D eigenvalue weighted by Gasteiger charge is 2.21. The molecule has 0 saturated heterocycles. The summed E-state index contributed by atoms with van der Waals surface area (Å²) in [6.45, 7) is 1.49. The van der Waals surface area contributed by atoms with Gasteiger partial charge in [-0.2, -0.15) is 0 Å². The number of nitrogens with zero attached hydrogens (tertiary/aromatic N) is 1. The largest absolute Gasteiger partial charge is 0.383 e. The first-order chi connectivity index (χ1) is 9.75. The number of hydrogen-bond donors (Lipinski definition) is 2. The molecule has 2 N–H and O–H groups in total. The molecule has 1 aromatic heterocycles. The smallest absolute Gasteiger partial charge is 0.259 e. The van der Waals surface area contributed by atoms with E-state index >= 15 is 0 Å². The van der Waals surface area contributed by atoms with Crippen LogP contribution in [0, 0.1) is 0 Å². The van der Waals surface area contributed by atoms with Gasteiger partial charge >= 0.3 is 0 Å². The molecule has 20 heavy (non-hydrogen) atoms. The van der Waals surface area contributed by atoms with Gasteiger partial charge in [-0.05, 0) is 24.6 Å². The van der Waals surface area contributed by atoms with Crippen LogP contribution in [0.1, 0.15) is 16.8 Å². The van der Waals surface area contributed by atoms with E-state index in [-0.39, 0.29) is 11.5 Å². The number of H-pyrrole nitrogens is 1. The highest BCUT2D eigenvalue weighted by Crippen LogP contribution is 2.28. The minimum absolute atomic E-state index is 0.0996. The second-order valence-electron chi connectivity index (χ2n) is 4.70. The molecule has 0 atom stereocenters. The number of nitrogens with one attached hydrogen (secondary N) is 2. The van der Waals surface area contributed by atoms with Gasteiger partial charge in [-0.25, -0.2) is 0 Å². The van der Waals surface area contributed by atoms with Gasteiger partial charge in [-0.15, -0.1) is 0 Å². The monoisotopic (exact) mass is 269 g/mol. The van der Waals surface area contributed by atoms with Crippen LogP contribution in [0.15, 0.2) is 47.4 Å². The molecule has 1 aliphatic heterocycles. The highest BCUT2D eigenvalue weighted by atomic mass is 16.2. The van der Waals surface area contributed by atoms with Crippen molar-refractivity contribution >= 4 is 17.3 Å². The van der Waals surface area contributed by atoms with E-state index in [1.165, 1.54) is 12.3 Å². The lowest BCUT2D eigenvalue weighted by Gasteiger charge is -2.22. The summed E-state index contributed by atoms with van der Waals surface area (Å²) in [4.78, 5) is 28.0. The van der Waals surface area contributed by atoms with Crippen molar-refractivity contribution < 1.29 is 4.79 Å². The number of aromatic amines is 1. The molecule has 2 aromatic rings. The van der Waals surface area contributed by atoms with Crippen LogP contribution in [0.25, 0.3) is 0 Å². The number of amides is 1. The molecule has 2 heterocycles. The molecule has 5 nitrogen and oxygen atoms in total. The molecule has 0 bridgehead atoms. The average Bonchev–Trinajstić information content (AvgIpc) is 2.69. The number of rotatable bonds is 1. The third kappa shape index (κ3) is 2.30. The normalized spacial score (nSPS) is 14.1. The molecule has 1 aliphatic rings. The van der Waals surface area contributed by atoms with Gasteiger partial charge in [0.05, 0.1) is 16.9 Å². The maximum atomic E-state index is 12.6. The van der Waals surface area contributed by atoms with E-state index in [4.69, 9.17) is 0 Å². The zero-order valence-corrected chi connectivity index (χ0v) is 10.9. The van der Waals surface area contributed by atoms with Gasteiger partial charge in [0.1, 0.15) is 0 Å². The molecular weight excluding hydrogens is 254 g/mol. The lowest BCUT2D eigenvalue weighted by molar-refractivity contribution is 0.0987. The third-order valence-corrected chi connectivity index (χ3v) is 3.35. The molecule has 1 amide bonds. The fourth-order valence-corrected chi connectivity index (χ4v) is 2.35. The molecule has 0 unspecified atom stereocenters. The van der Waals surface area contributed by atoms with Crippen molar-refractivity contribution in [1.29, 1.82) is 0 Å². The number of fused-ring (bicyclic) bond motifs is 1. The van der Waals surface area contributed by atoms with Gasteiger partial charge in [0.15, 0.2) is 0 Å². The van der Waals surface area contributed by atoms with E-state index < -0.39 is 0 Å². The van der Waals surface area contributed by atoms with Crippen LogP contribution < -0.4 is 15.8 Å². The maximum absolute atomic E-state index is 12.6. The Bertz CT molecular complexity index is 673. The predicted molar refractivity (Wildman–Crippen MR) is 78.3 cm³/mol. The van der Waals surface area contributed by atoms with Crippen LogP contribution in [0.2, 0.25) is 0 Å². The summed E-state index contributed by atoms with van der Waals surface area (Å²) in [6.07, 6.45) is 2.34. The summed E-state index contributed by atoms with van der Waals surface area (Å²) >= 11 is 0. The molecule has 0 saturated carbocycles. The fraction of sp³-hybridized carbons (Fsp3) is 0.200. The topological polar surface area (TPSA) is 65.2 Å². The second kappa shape index (κ2) is 5.21. The summed E-state index contributed by atoms with van der Waals surface area (Å²) in [5, 5.41) is 3.32. The number of anilines is 2. The number of pyridine rings is 1. The Morgan fingerprint density at radius 1 is 1.15 bits per heavy atom. The van der Waals surface area contributed by atoms with E-state index in [0.29, 0.717) is 12.1 Å². The summed E-state index contributed by atoms with van der Waals surface area (Å²) in [6, 6.07) is 10.7. The molecule has 0 aliphatic carbocycles. The quantitative estimate of drug-likeness (QED) is 0.830. The summed E-state index contributed by atoms with van der Waals surface area (Å²) in [5.74, 6) is -0.0996. The Hall–Kier alpha value is -2.56. The van der Waals surface area contributed by atoms with Gasteiger partial charge in [0.25, 0.3) is 5.91 Å². The lowest BCUT2D eigenvalue weighted by Crippen LogP contribution is -2.31. The van der Waals surface area contributed by atoms with Crippen molar-refractivity contribution in [2.45, 2.75) is 6.42 Å². The number of para-hydroxylation sites is 2. The van der Waals surface area contributed by atoms with Gasteiger partial charge in [0.2, 0.25) is 5.56 Å². The molecule has 0 fully saturated rings. The molecule has 3 rings (SSSR count). The van der Waals surface area contributed by atoms with Crippen molar-refractivity contribution in [1.82, 2.24) is 4.98 Å². The molecule has 0 radical (unpaired) electrons. The van der Waals surface area contributed by atoms with Crippen LogP contribution in [0.4, 0.5) is 11.4 Å². The summed E-state index contributed by atoms with van der Waals surface area (Å²) in [5.41, 5.74) is 2.12. The predicted octanol–water partition coefficient (Wildman–Crippen LogP) is 1.84. The third-order valence-electron chi connectivity index (χ3n) is 3.35. The number of carbonyl (C=O) groups excluding carboxylic acids is 1. The molecular formula is C15H15N3O2. The Morgan fingerprint density at radius 2 is 2.00 bits per heavy atom. The van der Waals surface area contributed by atoms with Crippen LogP contribution in [-0.2, 0) is 0 Å². The number of benzene rings is 1. The second-order valence-corrected chi connectivity index (χ2v) is 4.70. The van der Waals surface area contributed by atoms with Gasteiger partial charge in [0, 0.05) is 25.4 Å². The van der Waals surface area contributed by atoms with Crippen molar-refractivity contribution in [3.63, 3.8) is 0 Å². The Labute approximate surface area is 116 Å². The van der Waals surface area contributed by atoms with E-state index in [1.807, 2.05) is 24.3 Å². The first-order valence-corrected chi connectivity index (χ1v) is 6.59. The first-order valence-electron chi connectivity index (χ1n) is 6.59. The van der Waals surface area contributed by atoms with Gasteiger partial charge in [-0.1, -0.05) is 12.1 Å². The fourth-order valence-electron chi connectivity index (χ4n) is 2.35. The maximum Gasteiger partial charge on any atom is 0.259 e. The zero-order chi connectivity index (χ0) is 13.9. The molecule has 0 spiro atoms. The van der Waals surface area contributed by atoms with Crippen LogP contribution in [-0.4, -0.2) is 24.0 Å². The van der Waals surface area contributed by atoms with Crippen molar-refractivity contribution in [3.05, 3.63) is 58.5 Å². The summed E-state index contributed by atoms with van der Waals surface area (Å²) in [7, 11) is 0. The van der Waals surface area contributed by atoms with E-state index in [2.05, 4.69) is 10.3 Å². The van der Waals surface area contributed by atoms with E-state index in [9.17, 15) is 9.59 Å². The standard InChI is InChI=1S/C15H15N3O2/c19-14-7-6-11(10-17-14)15(20)18-9-3-8-16-12-4-1-2-5-13(12)18/h1-2,4-7,10,16H,3,8-9H2,(H,17,19). The first kappa shape index (κ1) is 12.5. The number of carbonyl (C=O) groups is 1. The number of aromatic nitrogens is 1. The number of hydrogen-bond acceptors (Lipinski definition) is 3. The van der Waals surface area contributed by atoms with Crippen LogP contribution in [0.3, 0.4) is 0 Å². The SMILES string of the molecule is O=C(c1ccc(=O)[nH]c1)N1CCCNc2ccccc21. The van der Waals surface area contributed by atoms with Gasteiger partial charge < -0.3 is 15.2 Å². The lowest BCUT2D eigenvalue weighted by atomic mass is 10.2. The van der Waals surface area contributed by atoms with Crippen molar-refractivity contribution in [2.24, 2.45) is 0 Å². The van der Waals surface area contributed by atoms with Gasteiger partial charge in [-0.3, -0.25) is 9.59 Å². The highest BCUT2D eigenvalue weighted by molar-refractivity contribution is 6.07. The molecule has 1 aromatic carbocycles. The summed E-state index contributed by atoms with van der Waals surface area (Å²) < 4.78 is 0. The van der Waals surface area contributed by atoms with Crippen LogP contribution >= 0.6 is 0 Å². The average molecular weight is 269 g/mol. The minimum Gasteiger partial charge on any atom is -0.383 e. The Kier molecular flexibility index (Phi) is 3.25. The Morgan fingerprint density at radius 3 is 2.80 bits per heavy atom. The van der Waals surface area contributed by atoms with Crippen LogP contribution in [0.5, 0.6) is 0 Å². The van der Waals surface area contributed by atoms with E-state index in [0.717, 1.165) is 24.3 Å². The molecule has 102 valence electrons.